The van der Waals surface area contributed by atoms with Crippen molar-refractivity contribution < 1.29 is 17.6 Å². The van der Waals surface area contributed by atoms with E-state index in [1.54, 1.807) is 0 Å². The van der Waals surface area contributed by atoms with Gasteiger partial charge in [-0.25, -0.2) is 12.8 Å². The summed E-state index contributed by atoms with van der Waals surface area (Å²) < 4.78 is 38.0. The Morgan fingerprint density at radius 3 is 2.60 bits per heavy atom. The number of piperidine rings is 1. The second kappa shape index (κ2) is 7.41. The molecule has 2 saturated heterocycles. The lowest BCUT2D eigenvalue weighted by molar-refractivity contribution is -0.133. The van der Waals surface area contributed by atoms with E-state index in [4.69, 9.17) is 0 Å². The number of sulfone groups is 1. The molecule has 0 radical (unpaired) electrons. The fraction of sp³-hybridized carbons (Fsp3) is 0.611. The summed E-state index contributed by atoms with van der Waals surface area (Å²) in [4.78, 5) is 14.6. The Bertz CT molecular complexity index is 745. The minimum absolute atomic E-state index is 0.00494. The zero-order valence-electron chi connectivity index (χ0n) is 14.5. The van der Waals surface area contributed by atoms with Gasteiger partial charge in [-0.1, -0.05) is 13.0 Å². The molecule has 0 unspecified atom stereocenters. The van der Waals surface area contributed by atoms with Crippen molar-refractivity contribution in [2.45, 2.75) is 43.5 Å². The molecule has 5 nitrogen and oxygen atoms in total. The first-order chi connectivity index (χ1) is 11.9. The number of amides is 1. The number of benzene rings is 1. The third-order valence-corrected chi connectivity index (χ3v) is 7.06. The van der Waals surface area contributed by atoms with E-state index in [0.29, 0.717) is 18.0 Å². The molecule has 0 aliphatic carbocycles. The second-order valence-corrected chi connectivity index (χ2v) is 9.14. The number of carbonyl (C=O) groups excluding carboxylic acids is 1. The normalized spacial score (nSPS) is 22.6. The lowest BCUT2D eigenvalue weighted by Gasteiger charge is -2.31. The monoisotopic (exact) mass is 368 g/mol. The van der Waals surface area contributed by atoms with Gasteiger partial charge in [0.25, 0.3) is 0 Å². The maximum absolute atomic E-state index is 14.4. The summed E-state index contributed by atoms with van der Waals surface area (Å²) in [6.45, 7) is 4.13. The highest BCUT2D eigenvalue weighted by Gasteiger charge is 2.36. The number of hydrogen-bond donors (Lipinski definition) is 1. The molecule has 0 bridgehead atoms. The molecule has 2 aliphatic rings. The highest BCUT2D eigenvalue weighted by molar-refractivity contribution is 7.91. The van der Waals surface area contributed by atoms with Gasteiger partial charge in [0.15, 0.2) is 9.84 Å². The highest BCUT2D eigenvalue weighted by atomic mass is 32.2. The van der Waals surface area contributed by atoms with Crippen LogP contribution in [0.3, 0.4) is 0 Å². The Hall–Kier alpha value is -1.47. The van der Waals surface area contributed by atoms with Crippen molar-refractivity contribution in [2.24, 2.45) is 5.92 Å². The summed E-state index contributed by atoms with van der Waals surface area (Å²) in [6, 6.07) is 4.33. The summed E-state index contributed by atoms with van der Waals surface area (Å²) in [5.74, 6) is -0.699. The largest absolute Gasteiger partial charge is 0.339 e. The first-order valence-electron chi connectivity index (χ1n) is 8.94. The molecule has 1 amide bonds. The van der Waals surface area contributed by atoms with Gasteiger partial charge in [-0.05, 0) is 56.5 Å². The molecular weight excluding hydrogens is 343 g/mol. The van der Waals surface area contributed by atoms with Crippen molar-refractivity contribution in [2.75, 3.05) is 25.4 Å². The van der Waals surface area contributed by atoms with E-state index in [1.807, 2.05) is 4.90 Å². The third kappa shape index (κ3) is 3.87. The third-order valence-electron chi connectivity index (χ3n) is 5.33. The number of carbonyl (C=O) groups is 1. The van der Waals surface area contributed by atoms with Gasteiger partial charge in [-0.2, -0.15) is 0 Å². The summed E-state index contributed by atoms with van der Waals surface area (Å²) in [5, 5.41) is 3.30. The van der Waals surface area contributed by atoms with Crippen LogP contribution in [0.1, 0.15) is 31.7 Å². The SMILES string of the molecule is CCS(=O)(=O)c1ccc(C[C@H]2CCN(C3CCNCC3)C2=O)c(F)c1. The van der Waals surface area contributed by atoms with Gasteiger partial charge in [0.05, 0.1) is 10.6 Å². The molecule has 1 aromatic carbocycles. The molecular formula is C18H25FN2O3S. The van der Waals surface area contributed by atoms with Gasteiger partial charge in [-0.3, -0.25) is 4.79 Å². The van der Waals surface area contributed by atoms with Crippen LogP contribution in [0.2, 0.25) is 0 Å². The van der Waals surface area contributed by atoms with Crippen LogP contribution in [-0.4, -0.2) is 50.7 Å². The standard InChI is InChI=1S/C18H25FN2O3S/c1-2-25(23,24)16-4-3-13(17(19)12-16)11-14-7-10-21(18(14)22)15-5-8-20-9-6-15/h3-4,12,14-15,20H,2,5-11H2,1H3/t14-/m1/s1. The van der Waals surface area contributed by atoms with Gasteiger partial charge >= 0.3 is 0 Å². The van der Waals surface area contributed by atoms with Crippen LogP contribution in [0.15, 0.2) is 23.1 Å². The number of likely N-dealkylation sites (tertiary alicyclic amines) is 1. The van der Waals surface area contributed by atoms with Crippen LogP contribution in [-0.2, 0) is 21.1 Å². The van der Waals surface area contributed by atoms with Crippen molar-refractivity contribution in [3.8, 4) is 0 Å². The molecule has 0 spiro atoms. The summed E-state index contributed by atoms with van der Waals surface area (Å²) in [6.07, 6.45) is 3.00. The van der Waals surface area contributed by atoms with Crippen molar-refractivity contribution in [1.29, 1.82) is 0 Å². The predicted octanol–water partition coefficient (Wildman–Crippen LogP) is 1.76. The predicted molar refractivity (Wildman–Crippen MR) is 93.5 cm³/mol. The molecule has 2 heterocycles. The summed E-state index contributed by atoms with van der Waals surface area (Å²) >= 11 is 0. The molecule has 0 aromatic heterocycles. The maximum atomic E-state index is 14.4. The van der Waals surface area contributed by atoms with E-state index < -0.39 is 15.7 Å². The second-order valence-electron chi connectivity index (χ2n) is 6.86. The molecule has 7 heteroatoms. The van der Waals surface area contributed by atoms with Crippen molar-refractivity contribution >= 4 is 15.7 Å². The van der Waals surface area contributed by atoms with Crippen LogP contribution in [0.4, 0.5) is 4.39 Å². The van der Waals surface area contributed by atoms with Crippen molar-refractivity contribution in [3.05, 3.63) is 29.6 Å². The Labute approximate surface area is 148 Å². The molecule has 1 N–H and O–H groups in total. The molecule has 1 aromatic rings. The zero-order valence-corrected chi connectivity index (χ0v) is 15.3. The summed E-state index contributed by atoms with van der Waals surface area (Å²) in [5.41, 5.74) is 0.417. The maximum Gasteiger partial charge on any atom is 0.226 e. The molecule has 1 atom stereocenters. The van der Waals surface area contributed by atoms with Gasteiger partial charge in [0.1, 0.15) is 5.82 Å². The quantitative estimate of drug-likeness (QED) is 0.860. The van der Waals surface area contributed by atoms with Crippen LogP contribution in [0.5, 0.6) is 0 Å². The molecule has 2 fully saturated rings. The first-order valence-corrected chi connectivity index (χ1v) is 10.6. The molecule has 3 rings (SSSR count). The topological polar surface area (TPSA) is 66.5 Å². The van der Waals surface area contributed by atoms with E-state index in [0.717, 1.165) is 45.0 Å². The Balaban J connectivity index is 1.69. The number of hydrogen-bond acceptors (Lipinski definition) is 4. The fourth-order valence-electron chi connectivity index (χ4n) is 3.75. The van der Waals surface area contributed by atoms with E-state index in [9.17, 15) is 17.6 Å². The number of nitrogens with one attached hydrogen (secondary N) is 1. The van der Waals surface area contributed by atoms with Gasteiger partial charge in [0, 0.05) is 18.5 Å². The zero-order chi connectivity index (χ0) is 18.0. The average Bonchev–Trinajstić information content (AvgIpc) is 2.98. The average molecular weight is 368 g/mol. The smallest absolute Gasteiger partial charge is 0.226 e. The minimum atomic E-state index is -3.42. The van der Waals surface area contributed by atoms with E-state index in [1.165, 1.54) is 19.1 Å². The fourth-order valence-corrected chi connectivity index (χ4v) is 4.64. The van der Waals surface area contributed by atoms with E-state index in [-0.39, 0.29) is 22.5 Å². The first kappa shape index (κ1) is 18.3. The Morgan fingerprint density at radius 1 is 1.24 bits per heavy atom. The van der Waals surface area contributed by atoms with Gasteiger partial charge < -0.3 is 10.2 Å². The minimum Gasteiger partial charge on any atom is -0.339 e. The van der Waals surface area contributed by atoms with Gasteiger partial charge in [0.2, 0.25) is 5.91 Å². The van der Waals surface area contributed by atoms with E-state index in [2.05, 4.69) is 5.32 Å². The van der Waals surface area contributed by atoms with E-state index >= 15 is 0 Å². The lowest BCUT2D eigenvalue weighted by Crippen LogP contribution is -2.44. The molecule has 25 heavy (non-hydrogen) atoms. The number of halogens is 1. The lowest BCUT2D eigenvalue weighted by atomic mass is 9.97. The van der Waals surface area contributed by atoms with Crippen molar-refractivity contribution in [1.82, 2.24) is 10.2 Å². The number of rotatable bonds is 5. The van der Waals surface area contributed by atoms with Crippen LogP contribution in [0, 0.1) is 11.7 Å². The Kier molecular flexibility index (Phi) is 5.43. The van der Waals surface area contributed by atoms with Crippen LogP contribution in [0.25, 0.3) is 0 Å². The van der Waals surface area contributed by atoms with Crippen LogP contribution < -0.4 is 5.32 Å². The Morgan fingerprint density at radius 2 is 1.96 bits per heavy atom. The van der Waals surface area contributed by atoms with Crippen LogP contribution >= 0.6 is 0 Å². The molecule has 138 valence electrons. The molecule has 2 aliphatic heterocycles. The molecule has 0 saturated carbocycles. The van der Waals surface area contributed by atoms with Gasteiger partial charge in [-0.15, -0.1) is 0 Å². The highest BCUT2D eigenvalue weighted by Crippen LogP contribution is 2.28. The van der Waals surface area contributed by atoms with Crippen molar-refractivity contribution in [3.63, 3.8) is 0 Å². The number of nitrogens with zero attached hydrogens (tertiary/aromatic N) is 1. The summed E-state index contributed by atoms with van der Waals surface area (Å²) in [7, 11) is -3.42.